The van der Waals surface area contributed by atoms with Crippen molar-refractivity contribution in [2.24, 2.45) is 10.9 Å². The van der Waals surface area contributed by atoms with E-state index in [1.54, 1.807) is 14.2 Å². The first kappa shape index (κ1) is 23.8. The molecule has 1 fully saturated rings. The summed E-state index contributed by atoms with van der Waals surface area (Å²) in [5.41, 5.74) is 1.11. The van der Waals surface area contributed by atoms with E-state index in [-0.39, 0.29) is 24.0 Å². The summed E-state index contributed by atoms with van der Waals surface area (Å²) < 4.78 is 10.8. The first-order valence-corrected chi connectivity index (χ1v) is 9.38. The Balaban J connectivity index is 0.00000364. The van der Waals surface area contributed by atoms with Crippen LogP contribution in [0.4, 0.5) is 0 Å². The van der Waals surface area contributed by atoms with Crippen LogP contribution in [-0.4, -0.2) is 70.8 Å². The van der Waals surface area contributed by atoms with E-state index in [1.165, 1.54) is 32.4 Å². The number of hydrogen-bond donors (Lipinski definition) is 1. The van der Waals surface area contributed by atoms with Gasteiger partial charge in [0.05, 0.1) is 14.2 Å². The highest BCUT2D eigenvalue weighted by atomic mass is 127. The molecule has 0 spiro atoms. The van der Waals surface area contributed by atoms with Crippen LogP contribution in [-0.2, 0) is 6.54 Å². The number of benzene rings is 1. The maximum Gasteiger partial charge on any atom is 0.193 e. The number of hydrogen-bond acceptors (Lipinski definition) is 4. The molecule has 0 atom stereocenters. The second-order valence-electron chi connectivity index (χ2n) is 7.04. The number of halogens is 1. The smallest absolute Gasteiger partial charge is 0.193 e. The summed E-state index contributed by atoms with van der Waals surface area (Å²) in [7, 11) is 9.44. The molecule has 1 heterocycles. The van der Waals surface area contributed by atoms with E-state index in [2.05, 4.69) is 34.2 Å². The summed E-state index contributed by atoms with van der Waals surface area (Å²) in [5.74, 6) is 3.37. The number of ether oxygens (including phenoxy) is 2. The highest BCUT2D eigenvalue weighted by Gasteiger charge is 2.17. The zero-order valence-corrected chi connectivity index (χ0v) is 19.7. The molecule has 2 rings (SSSR count). The normalized spacial score (nSPS) is 15.8. The third kappa shape index (κ3) is 7.37. The molecule has 0 unspecified atom stereocenters. The average Bonchev–Trinajstić information content (AvgIpc) is 2.66. The molecule has 0 amide bonds. The third-order valence-electron chi connectivity index (χ3n) is 5.15. The fraction of sp³-hybridized carbons (Fsp3) is 0.650. The Morgan fingerprint density at radius 1 is 1.26 bits per heavy atom. The van der Waals surface area contributed by atoms with E-state index in [4.69, 9.17) is 9.47 Å². The SMILES string of the molecule is CN=C(NCCC1CCN(C)CC1)N(C)Cc1ccc(OC)cc1OC.I. The van der Waals surface area contributed by atoms with Gasteiger partial charge in [-0.3, -0.25) is 4.99 Å². The summed E-state index contributed by atoms with van der Waals surface area (Å²) in [4.78, 5) is 8.97. The summed E-state index contributed by atoms with van der Waals surface area (Å²) in [6, 6.07) is 5.92. The quantitative estimate of drug-likeness (QED) is 0.362. The molecule has 0 bridgehead atoms. The van der Waals surface area contributed by atoms with Crippen molar-refractivity contribution >= 4 is 29.9 Å². The number of methoxy groups -OCH3 is 2. The molecule has 1 aliphatic rings. The van der Waals surface area contributed by atoms with Crippen LogP contribution in [0.15, 0.2) is 23.2 Å². The molecule has 6 nitrogen and oxygen atoms in total. The number of aliphatic imine (C=N–C) groups is 1. The molecule has 27 heavy (non-hydrogen) atoms. The van der Waals surface area contributed by atoms with Crippen molar-refractivity contribution in [3.05, 3.63) is 23.8 Å². The van der Waals surface area contributed by atoms with E-state index in [0.29, 0.717) is 0 Å². The summed E-state index contributed by atoms with van der Waals surface area (Å²) >= 11 is 0. The number of rotatable bonds is 7. The predicted octanol–water partition coefficient (Wildman–Crippen LogP) is 3.06. The highest BCUT2D eigenvalue weighted by molar-refractivity contribution is 14.0. The number of nitrogens with zero attached hydrogens (tertiary/aromatic N) is 3. The van der Waals surface area contributed by atoms with Crippen LogP contribution >= 0.6 is 24.0 Å². The van der Waals surface area contributed by atoms with Crippen LogP contribution < -0.4 is 14.8 Å². The van der Waals surface area contributed by atoms with Crippen LogP contribution in [0.5, 0.6) is 11.5 Å². The van der Waals surface area contributed by atoms with Crippen molar-refractivity contribution in [1.29, 1.82) is 0 Å². The molecular weight excluding hydrogens is 455 g/mol. The number of piperidine rings is 1. The standard InChI is InChI=1S/C20H34N4O2.HI/c1-21-20(22-11-8-16-9-12-23(2)13-10-16)24(3)15-17-6-7-18(25-4)14-19(17)26-5;/h6-7,14,16H,8-13,15H2,1-5H3,(H,21,22);1H. The van der Waals surface area contributed by atoms with Crippen LogP contribution in [0, 0.1) is 5.92 Å². The van der Waals surface area contributed by atoms with E-state index < -0.39 is 0 Å². The Bertz CT molecular complexity index is 589. The Hall–Kier alpha value is -1.22. The van der Waals surface area contributed by atoms with Crippen molar-refractivity contribution in [3.8, 4) is 11.5 Å². The second kappa shape index (κ2) is 12.3. The highest BCUT2D eigenvalue weighted by Crippen LogP contribution is 2.25. The maximum atomic E-state index is 5.50. The number of guanidine groups is 1. The Morgan fingerprint density at radius 2 is 1.96 bits per heavy atom. The van der Waals surface area contributed by atoms with Gasteiger partial charge in [-0.25, -0.2) is 0 Å². The van der Waals surface area contributed by atoms with Crippen molar-refractivity contribution < 1.29 is 9.47 Å². The predicted molar refractivity (Wildman–Crippen MR) is 123 cm³/mol. The molecule has 0 aliphatic carbocycles. The monoisotopic (exact) mass is 490 g/mol. The summed E-state index contributed by atoms with van der Waals surface area (Å²) in [6.07, 6.45) is 3.80. The molecule has 1 aliphatic heterocycles. The molecule has 1 N–H and O–H groups in total. The second-order valence-corrected chi connectivity index (χ2v) is 7.04. The van der Waals surface area contributed by atoms with Crippen molar-refractivity contribution in [2.75, 3.05) is 55.0 Å². The lowest BCUT2D eigenvalue weighted by molar-refractivity contribution is 0.212. The van der Waals surface area contributed by atoms with Gasteiger partial charge >= 0.3 is 0 Å². The van der Waals surface area contributed by atoms with E-state index in [0.717, 1.165) is 42.0 Å². The van der Waals surface area contributed by atoms with Gasteiger partial charge in [0.15, 0.2) is 5.96 Å². The number of nitrogens with one attached hydrogen (secondary N) is 1. The van der Waals surface area contributed by atoms with Crippen molar-refractivity contribution in [1.82, 2.24) is 15.1 Å². The maximum absolute atomic E-state index is 5.50. The van der Waals surface area contributed by atoms with Crippen LogP contribution in [0.1, 0.15) is 24.8 Å². The van der Waals surface area contributed by atoms with Crippen LogP contribution in [0.25, 0.3) is 0 Å². The topological polar surface area (TPSA) is 49.3 Å². The summed E-state index contributed by atoms with van der Waals surface area (Å²) in [6.45, 7) is 4.12. The molecule has 1 aromatic carbocycles. The molecule has 154 valence electrons. The Labute approximate surface area is 181 Å². The zero-order chi connectivity index (χ0) is 18.9. The summed E-state index contributed by atoms with van der Waals surface area (Å²) in [5, 5.41) is 3.50. The fourth-order valence-electron chi connectivity index (χ4n) is 3.44. The van der Waals surface area contributed by atoms with Crippen LogP contribution in [0.2, 0.25) is 0 Å². The van der Waals surface area contributed by atoms with E-state index >= 15 is 0 Å². The Morgan fingerprint density at radius 3 is 2.56 bits per heavy atom. The largest absolute Gasteiger partial charge is 0.497 e. The van der Waals surface area contributed by atoms with Crippen molar-refractivity contribution in [3.63, 3.8) is 0 Å². The minimum absolute atomic E-state index is 0. The van der Waals surface area contributed by atoms with Gasteiger partial charge in [-0.15, -0.1) is 24.0 Å². The van der Waals surface area contributed by atoms with Gasteiger partial charge < -0.3 is 24.6 Å². The van der Waals surface area contributed by atoms with Gasteiger partial charge in [0, 0.05) is 38.8 Å². The minimum Gasteiger partial charge on any atom is -0.497 e. The van der Waals surface area contributed by atoms with Crippen LogP contribution in [0.3, 0.4) is 0 Å². The van der Waals surface area contributed by atoms with Gasteiger partial charge in [-0.1, -0.05) is 0 Å². The molecule has 0 aromatic heterocycles. The van der Waals surface area contributed by atoms with E-state index in [1.807, 2.05) is 25.2 Å². The lowest BCUT2D eigenvalue weighted by atomic mass is 9.94. The molecule has 7 heteroatoms. The van der Waals surface area contributed by atoms with Gasteiger partial charge in [0.2, 0.25) is 0 Å². The lowest BCUT2D eigenvalue weighted by Gasteiger charge is -2.29. The number of likely N-dealkylation sites (tertiary alicyclic amines) is 1. The first-order valence-electron chi connectivity index (χ1n) is 9.38. The van der Waals surface area contributed by atoms with Gasteiger partial charge in [0.25, 0.3) is 0 Å². The molecule has 1 saturated heterocycles. The minimum atomic E-state index is 0. The Kier molecular flexibility index (Phi) is 10.8. The third-order valence-corrected chi connectivity index (χ3v) is 5.15. The van der Waals surface area contributed by atoms with E-state index in [9.17, 15) is 0 Å². The molecule has 0 radical (unpaired) electrons. The molecular formula is C20H35IN4O2. The van der Waals surface area contributed by atoms with Crippen molar-refractivity contribution in [2.45, 2.75) is 25.8 Å². The average molecular weight is 490 g/mol. The van der Waals surface area contributed by atoms with Gasteiger partial charge in [-0.05, 0) is 57.5 Å². The molecule has 0 saturated carbocycles. The van der Waals surface area contributed by atoms with Gasteiger partial charge in [0.1, 0.15) is 11.5 Å². The van der Waals surface area contributed by atoms with Gasteiger partial charge in [-0.2, -0.15) is 0 Å². The zero-order valence-electron chi connectivity index (χ0n) is 17.3. The fourth-order valence-corrected chi connectivity index (χ4v) is 3.44. The molecule has 1 aromatic rings. The lowest BCUT2D eigenvalue weighted by Crippen LogP contribution is -2.40. The first-order chi connectivity index (χ1) is 12.6.